The van der Waals surface area contributed by atoms with Gasteiger partial charge in [-0.05, 0) is 148 Å². The molecule has 24 heteroatoms. The maximum atomic E-state index is 12.9. The molecule has 0 aliphatic carbocycles. The summed E-state index contributed by atoms with van der Waals surface area (Å²) >= 11 is 9.23. The van der Waals surface area contributed by atoms with Crippen LogP contribution in [0.2, 0.25) is 0 Å². The number of nitrogen functional groups attached to an aromatic ring is 1. The lowest BCUT2D eigenvalue weighted by Gasteiger charge is -2.41. The lowest BCUT2D eigenvalue weighted by atomic mass is 9.86. The van der Waals surface area contributed by atoms with Gasteiger partial charge in [-0.2, -0.15) is 0 Å². The molecular formula is C61H71ClN6O14S3. The highest BCUT2D eigenvalue weighted by molar-refractivity contribution is 7.17. The number of nitrogens with two attached hydrogens (primary N) is 4. The zero-order valence-electron chi connectivity index (χ0n) is 49.7. The van der Waals surface area contributed by atoms with Crippen molar-refractivity contribution in [1.29, 1.82) is 0 Å². The minimum absolute atomic E-state index is 0.128. The zero-order valence-corrected chi connectivity index (χ0v) is 52.9. The molecule has 85 heavy (non-hydrogen) atoms. The van der Waals surface area contributed by atoms with E-state index in [0.717, 1.165) is 31.3 Å². The number of ether oxygens (including phenoxy) is 5. The molecule has 6 heterocycles. The second kappa shape index (κ2) is 25.2. The third kappa shape index (κ3) is 15.7. The van der Waals surface area contributed by atoms with E-state index >= 15 is 0 Å². The van der Waals surface area contributed by atoms with Gasteiger partial charge in [-0.1, -0.05) is 36.4 Å². The highest BCUT2D eigenvalue weighted by Gasteiger charge is 2.46. The van der Waals surface area contributed by atoms with Crippen LogP contribution in [0.25, 0.3) is 0 Å². The molecule has 3 aromatic carbocycles. The molecule has 0 bridgehead atoms. The van der Waals surface area contributed by atoms with Crippen LogP contribution < -0.4 is 43.0 Å². The number of phenolic OH excluding ortho intramolecular Hbond substituents is 1. The average Bonchev–Trinajstić information content (AvgIpc) is 2.44. The van der Waals surface area contributed by atoms with E-state index in [1.54, 1.807) is 42.5 Å². The highest BCUT2D eigenvalue weighted by atomic mass is 35.5. The monoisotopic (exact) mass is 1240 g/mol. The lowest BCUT2D eigenvalue weighted by Crippen LogP contribution is -2.42. The molecule has 454 valence electrons. The molecule has 5 amide bonds. The topological polar surface area (TPSA) is 331 Å². The van der Waals surface area contributed by atoms with Crippen molar-refractivity contribution in [3.05, 3.63) is 137 Å². The van der Waals surface area contributed by atoms with Gasteiger partial charge < -0.3 is 62.4 Å². The smallest absolute Gasteiger partial charge is 0.308 e. The SMILES string of the molecule is CC(=O)Oc1ccccc1C(=O)Cl.CC(=O)Oc1ccccc1C(=O)Nc1sc2c(c1C(N)=O)CC(C)(C)OC2(C)C.CC1(C)Cc2c(sc(N)c2C(N)=O)C(C)(C)O1.CC1(C)Cc2c(sc(NC(=O)c3ccccc3O)c2C(N)=O)C(C)(C)O1. The Balaban J connectivity index is 0.000000189. The molecule has 3 aromatic heterocycles. The summed E-state index contributed by atoms with van der Waals surface area (Å²) in [5.41, 5.74) is 23.9. The normalized spacial score (nSPS) is 16.6. The van der Waals surface area contributed by atoms with E-state index in [4.69, 9.17) is 58.2 Å². The Morgan fingerprint density at radius 3 is 1.18 bits per heavy atom. The number of para-hydroxylation sites is 3. The quantitative estimate of drug-likeness (QED) is 0.0381. The number of anilines is 3. The van der Waals surface area contributed by atoms with Crippen molar-refractivity contribution in [1.82, 2.24) is 0 Å². The number of fused-ring (bicyclic) bond motifs is 3. The Hall–Kier alpha value is -7.51. The van der Waals surface area contributed by atoms with Gasteiger partial charge in [-0.25, -0.2) is 0 Å². The predicted octanol–water partition coefficient (Wildman–Crippen LogP) is 11.0. The fourth-order valence-electron chi connectivity index (χ4n) is 10.7. The summed E-state index contributed by atoms with van der Waals surface area (Å²) in [5, 5.41) is 16.0. The van der Waals surface area contributed by atoms with Crippen LogP contribution in [0.4, 0.5) is 15.0 Å². The lowest BCUT2D eigenvalue weighted by molar-refractivity contribution is -0.136. The van der Waals surface area contributed by atoms with Crippen molar-refractivity contribution in [3.8, 4) is 17.2 Å². The Kier molecular flexibility index (Phi) is 19.8. The van der Waals surface area contributed by atoms with Gasteiger partial charge in [0.15, 0.2) is 0 Å². The number of benzene rings is 3. The molecule has 0 saturated carbocycles. The largest absolute Gasteiger partial charge is 0.507 e. The van der Waals surface area contributed by atoms with Gasteiger partial charge in [-0.15, -0.1) is 34.0 Å². The molecule has 6 aromatic rings. The first-order chi connectivity index (χ1) is 39.2. The first-order valence-electron chi connectivity index (χ1n) is 26.6. The molecular weight excluding hydrogens is 1170 g/mol. The van der Waals surface area contributed by atoms with E-state index in [1.807, 2.05) is 83.1 Å². The molecule has 11 N–H and O–H groups in total. The van der Waals surface area contributed by atoms with Crippen molar-refractivity contribution < 1.29 is 67.1 Å². The number of hydrogen-bond donors (Lipinski definition) is 7. The van der Waals surface area contributed by atoms with Crippen LogP contribution in [0.3, 0.4) is 0 Å². The van der Waals surface area contributed by atoms with Gasteiger partial charge in [0.2, 0.25) is 0 Å². The van der Waals surface area contributed by atoms with E-state index in [-0.39, 0.29) is 39.5 Å². The van der Waals surface area contributed by atoms with Gasteiger partial charge in [0.05, 0.1) is 72.0 Å². The van der Waals surface area contributed by atoms with Crippen molar-refractivity contribution in [2.75, 3.05) is 16.4 Å². The van der Waals surface area contributed by atoms with E-state index in [1.165, 1.54) is 78.2 Å². The molecule has 9 rings (SSSR count). The first kappa shape index (κ1) is 66.6. The Morgan fingerprint density at radius 1 is 0.494 bits per heavy atom. The van der Waals surface area contributed by atoms with Crippen LogP contribution in [0.5, 0.6) is 17.2 Å². The maximum Gasteiger partial charge on any atom is 0.308 e. The van der Waals surface area contributed by atoms with E-state index in [0.29, 0.717) is 51.0 Å². The van der Waals surface area contributed by atoms with Crippen LogP contribution in [-0.2, 0) is 59.9 Å². The van der Waals surface area contributed by atoms with E-state index < -0.39 is 74.7 Å². The summed E-state index contributed by atoms with van der Waals surface area (Å²) in [6, 6.07) is 18.9. The van der Waals surface area contributed by atoms with Crippen molar-refractivity contribution in [2.45, 2.75) is 150 Å². The highest BCUT2D eigenvalue weighted by Crippen LogP contribution is 2.51. The molecule has 0 radical (unpaired) electrons. The summed E-state index contributed by atoms with van der Waals surface area (Å²) in [7, 11) is 0. The fraction of sp³-hybridized carbons (Fsp3) is 0.377. The number of carbonyl (C=O) groups is 8. The molecule has 3 aliphatic rings. The van der Waals surface area contributed by atoms with Gasteiger partial charge in [0, 0.05) is 47.7 Å². The Labute approximate surface area is 509 Å². The summed E-state index contributed by atoms with van der Waals surface area (Å²) in [6.07, 6.45) is 1.69. The summed E-state index contributed by atoms with van der Waals surface area (Å²) in [4.78, 5) is 96.9. The van der Waals surface area contributed by atoms with E-state index in [2.05, 4.69) is 10.6 Å². The van der Waals surface area contributed by atoms with Gasteiger partial charge >= 0.3 is 11.9 Å². The van der Waals surface area contributed by atoms with E-state index in [9.17, 15) is 43.5 Å². The maximum absolute atomic E-state index is 12.9. The number of primary amides is 3. The van der Waals surface area contributed by atoms with Crippen LogP contribution >= 0.6 is 45.6 Å². The fourth-order valence-corrected chi connectivity index (χ4v) is 14.5. The standard InChI is InChI=1S/C21H24N2O5S.C19H22N2O4S.C12H18N2O2S.C9H7ClO3/c1-11(24)27-14-9-7-6-8-12(14)18(26)23-19-15(17(22)25)13-10-20(2,3)28-21(4,5)16(13)29-19;1-18(2)9-11-13(15(20)23)17(26-14(11)19(3,4)25-18)21-16(24)10-7-5-6-8-12(10)22;1-11(2)5-6-7(9(13)15)10(14)17-8(6)12(3,4)16-11;1-6(11)13-8-5-3-2-4-7(8)9(10)12/h6-9H,10H2,1-5H3,(H2,22,25)(H,23,26);5-8,22H,9H2,1-4H3,(H2,20,23)(H,21,24);5,14H2,1-4H3,(H2,13,15);2-5H,1H3. The van der Waals surface area contributed by atoms with Crippen molar-refractivity contribution in [2.24, 2.45) is 17.2 Å². The van der Waals surface area contributed by atoms with Crippen LogP contribution in [-0.4, -0.2) is 68.6 Å². The van der Waals surface area contributed by atoms with Gasteiger partial charge in [-0.3, -0.25) is 38.4 Å². The van der Waals surface area contributed by atoms with Gasteiger partial charge in [0.1, 0.15) is 27.3 Å². The number of halogens is 1. The number of nitrogens with one attached hydrogen (secondary N) is 2. The summed E-state index contributed by atoms with van der Waals surface area (Å²) in [5.74, 6) is -3.46. The molecule has 0 spiro atoms. The minimum atomic E-state index is -0.642. The molecule has 0 unspecified atom stereocenters. The van der Waals surface area contributed by atoms with Crippen LogP contribution in [0.15, 0.2) is 72.8 Å². The molecule has 0 fully saturated rings. The average molecular weight is 1240 g/mol. The second-order valence-corrected chi connectivity index (χ2v) is 26.9. The van der Waals surface area contributed by atoms with Crippen LogP contribution in [0.1, 0.15) is 190 Å². The Morgan fingerprint density at radius 2 is 0.812 bits per heavy atom. The number of thiophene rings is 3. The van der Waals surface area contributed by atoms with Crippen molar-refractivity contribution in [3.63, 3.8) is 0 Å². The predicted molar refractivity (Wildman–Crippen MR) is 328 cm³/mol. The van der Waals surface area contributed by atoms with Crippen molar-refractivity contribution >= 4 is 107 Å². The number of phenols is 1. The third-order valence-corrected chi connectivity index (χ3v) is 17.6. The Bertz CT molecular complexity index is 3650. The number of hydrogen-bond acceptors (Lipinski definition) is 18. The summed E-state index contributed by atoms with van der Waals surface area (Å²) in [6.45, 7) is 26.1. The molecule has 0 saturated heterocycles. The second-order valence-electron chi connectivity index (χ2n) is 23.5. The van der Waals surface area contributed by atoms with Gasteiger partial charge in [0.25, 0.3) is 34.8 Å². The number of amides is 5. The number of rotatable bonds is 10. The molecule has 0 atom stereocenters. The zero-order chi connectivity index (χ0) is 63.7. The number of carbonyl (C=O) groups excluding carboxylic acids is 8. The third-order valence-electron chi connectivity index (χ3n) is 13.2. The molecule has 3 aliphatic heterocycles. The van der Waals surface area contributed by atoms with Crippen LogP contribution in [0, 0.1) is 0 Å². The summed E-state index contributed by atoms with van der Waals surface area (Å²) < 4.78 is 28.2. The molecule has 20 nitrogen and oxygen atoms in total. The minimum Gasteiger partial charge on any atom is -0.507 e. The first-order valence-corrected chi connectivity index (χ1v) is 29.4. The number of esters is 2. The number of aromatic hydroxyl groups is 1.